The molecule has 1 aromatic heterocycles. The van der Waals surface area contributed by atoms with E-state index in [2.05, 4.69) is 37.9 Å². The van der Waals surface area contributed by atoms with Gasteiger partial charge in [-0.3, -0.25) is 4.98 Å². The molecule has 0 aromatic carbocycles. The molecule has 1 heterocycles. The molecule has 0 saturated heterocycles. The van der Waals surface area contributed by atoms with Crippen LogP contribution in [-0.4, -0.2) is 4.98 Å². The molecular weight excluding hydrogens is 146 g/mol. The number of nitrogens with zero attached hydrogens (tertiary/aromatic N) is 1. The third kappa shape index (κ3) is 2.65. The van der Waals surface area contributed by atoms with E-state index in [4.69, 9.17) is 0 Å². The summed E-state index contributed by atoms with van der Waals surface area (Å²) in [5.41, 5.74) is 1.21. The van der Waals surface area contributed by atoms with Crippen molar-refractivity contribution in [2.45, 2.75) is 33.1 Å². The van der Waals surface area contributed by atoms with Gasteiger partial charge in [0.2, 0.25) is 0 Å². The summed E-state index contributed by atoms with van der Waals surface area (Å²) in [5.74, 6) is 1.34. The minimum absolute atomic E-state index is 0.589. The molecule has 0 amide bonds. The second kappa shape index (κ2) is 4.24. The lowest BCUT2D eigenvalue weighted by Crippen LogP contribution is -2.00. The lowest BCUT2D eigenvalue weighted by atomic mass is 9.96. The number of hydrogen-bond donors (Lipinski definition) is 0. The monoisotopic (exact) mass is 163 g/mol. The summed E-state index contributed by atoms with van der Waals surface area (Å²) in [7, 11) is 0. The quantitative estimate of drug-likeness (QED) is 0.666. The van der Waals surface area contributed by atoms with E-state index in [-0.39, 0.29) is 0 Å². The van der Waals surface area contributed by atoms with Crippen molar-refractivity contribution in [1.82, 2.24) is 4.98 Å². The first-order valence-corrected chi connectivity index (χ1v) is 4.61. The van der Waals surface area contributed by atoms with Gasteiger partial charge >= 0.3 is 0 Å². The smallest absolute Gasteiger partial charge is 0.0431 e. The molecule has 0 saturated carbocycles. The summed E-state index contributed by atoms with van der Waals surface area (Å²) in [6.45, 7) is 6.74. The van der Waals surface area contributed by atoms with Crippen LogP contribution in [0.3, 0.4) is 0 Å². The van der Waals surface area contributed by atoms with Crippen molar-refractivity contribution in [1.29, 1.82) is 0 Å². The van der Waals surface area contributed by atoms with Crippen molar-refractivity contribution in [2.75, 3.05) is 0 Å². The van der Waals surface area contributed by atoms with E-state index in [0.29, 0.717) is 5.92 Å². The van der Waals surface area contributed by atoms with E-state index < -0.39 is 0 Å². The van der Waals surface area contributed by atoms with Gasteiger partial charge in [-0.1, -0.05) is 26.8 Å². The fourth-order valence-corrected chi connectivity index (χ4v) is 1.50. The highest BCUT2D eigenvalue weighted by Crippen LogP contribution is 2.20. The van der Waals surface area contributed by atoms with Gasteiger partial charge in [-0.15, -0.1) is 0 Å². The SMILES string of the molecule is CC(C)C[C@H](C)c1ccccn1. The number of hydrogen-bond acceptors (Lipinski definition) is 1. The maximum absolute atomic E-state index is 4.33. The van der Waals surface area contributed by atoms with Crippen molar-refractivity contribution in [3.05, 3.63) is 30.1 Å². The third-order valence-corrected chi connectivity index (χ3v) is 2.02. The minimum atomic E-state index is 0.589. The second-order valence-corrected chi connectivity index (χ2v) is 3.79. The summed E-state index contributed by atoms with van der Waals surface area (Å²) in [4.78, 5) is 4.33. The minimum Gasteiger partial charge on any atom is -0.261 e. The van der Waals surface area contributed by atoms with Gasteiger partial charge in [0.25, 0.3) is 0 Å². The largest absolute Gasteiger partial charge is 0.261 e. The molecule has 0 N–H and O–H groups in total. The van der Waals surface area contributed by atoms with Crippen LogP contribution in [0.1, 0.15) is 38.8 Å². The van der Waals surface area contributed by atoms with Crippen LogP contribution in [0.4, 0.5) is 0 Å². The van der Waals surface area contributed by atoms with Crippen LogP contribution < -0.4 is 0 Å². The van der Waals surface area contributed by atoms with Crippen LogP contribution in [0.2, 0.25) is 0 Å². The summed E-state index contributed by atoms with van der Waals surface area (Å²) in [6.07, 6.45) is 3.09. The Morgan fingerprint density at radius 1 is 1.25 bits per heavy atom. The predicted octanol–water partition coefficient (Wildman–Crippen LogP) is 3.23. The Balaban J connectivity index is 2.59. The summed E-state index contributed by atoms with van der Waals surface area (Å²) in [6, 6.07) is 6.12. The summed E-state index contributed by atoms with van der Waals surface area (Å²) in [5, 5.41) is 0. The van der Waals surface area contributed by atoms with E-state index >= 15 is 0 Å². The summed E-state index contributed by atoms with van der Waals surface area (Å²) < 4.78 is 0. The maximum Gasteiger partial charge on any atom is 0.0431 e. The molecule has 1 heteroatoms. The second-order valence-electron chi connectivity index (χ2n) is 3.79. The molecule has 1 rings (SSSR count). The van der Waals surface area contributed by atoms with E-state index in [0.717, 1.165) is 5.92 Å². The molecular formula is C11H17N. The van der Waals surface area contributed by atoms with Crippen molar-refractivity contribution in [3.8, 4) is 0 Å². The number of rotatable bonds is 3. The molecule has 1 nitrogen and oxygen atoms in total. The number of aromatic nitrogens is 1. The fourth-order valence-electron chi connectivity index (χ4n) is 1.50. The Hall–Kier alpha value is -0.850. The van der Waals surface area contributed by atoms with Gasteiger partial charge in [-0.2, -0.15) is 0 Å². The fraction of sp³-hybridized carbons (Fsp3) is 0.545. The van der Waals surface area contributed by atoms with Gasteiger partial charge < -0.3 is 0 Å². The number of pyridine rings is 1. The van der Waals surface area contributed by atoms with Gasteiger partial charge in [-0.05, 0) is 30.4 Å². The van der Waals surface area contributed by atoms with Gasteiger partial charge in [0.05, 0.1) is 0 Å². The van der Waals surface area contributed by atoms with Crippen LogP contribution in [0, 0.1) is 5.92 Å². The molecule has 0 spiro atoms. The van der Waals surface area contributed by atoms with Crippen molar-refractivity contribution < 1.29 is 0 Å². The Morgan fingerprint density at radius 3 is 2.50 bits per heavy atom. The Morgan fingerprint density at radius 2 is 2.00 bits per heavy atom. The van der Waals surface area contributed by atoms with E-state index in [1.807, 2.05) is 12.3 Å². The van der Waals surface area contributed by atoms with E-state index in [9.17, 15) is 0 Å². The van der Waals surface area contributed by atoms with Crippen LogP contribution in [-0.2, 0) is 0 Å². The lowest BCUT2D eigenvalue weighted by molar-refractivity contribution is 0.516. The molecule has 1 atom stereocenters. The van der Waals surface area contributed by atoms with Crippen LogP contribution in [0.25, 0.3) is 0 Å². The molecule has 12 heavy (non-hydrogen) atoms. The van der Waals surface area contributed by atoms with Crippen molar-refractivity contribution in [3.63, 3.8) is 0 Å². The molecule has 0 aliphatic rings. The van der Waals surface area contributed by atoms with Crippen LogP contribution >= 0.6 is 0 Å². The first-order valence-electron chi connectivity index (χ1n) is 4.61. The van der Waals surface area contributed by atoms with Crippen molar-refractivity contribution >= 4 is 0 Å². The standard InChI is InChI=1S/C11H17N/c1-9(2)8-10(3)11-6-4-5-7-12-11/h4-7,9-10H,8H2,1-3H3/t10-/m0/s1. The normalized spacial score (nSPS) is 13.3. The zero-order chi connectivity index (χ0) is 8.97. The van der Waals surface area contributed by atoms with Crippen LogP contribution in [0.5, 0.6) is 0 Å². The van der Waals surface area contributed by atoms with Crippen LogP contribution in [0.15, 0.2) is 24.4 Å². The molecule has 0 bridgehead atoms. The highest BCUT2D eigenvalue weighted by Gasteiger charge is 2.07. The zero-order valence-electron chi connectivity index (χ0n) is 8.12. The molecule has 66 valence electrons. The first kappa shape index (κ1) is 9.24. The topological polar surface area (TPSA) is 12.9 Å². The molecule has 0 aliphatic carbocycles. The van der Waals surface area contributed by atoms with Gasteiger partial charge in [0, 0.05) is 11.9 Å². The third-order valence-electron chi connectivity index (χ3n) is 2.02. The highest BCUT2D eigenvalue weighted by molar-refractivity contribution is 5.08. The predicted molar refractivity (Wildman–Crippen MR) is 52.1 cm³/mol. The van der Waals surface area contributed by atoms with Gasteiger partial charge in [0.15, 0.2) is 0 Å². The Labute approximate surface area is 74.8 Å². The Kier molecular flexibility index (Phi) is 3.27. The Bertz CT molecular complexity index is 216. The zero-order valence-corrected chi connectivity index (χ0v) is 8.12. The average molecular weight is 163 g/mol. The molecule has 0 fully saturated rings. The van der Waals surface area contributed by atoms with Gasteiger partial charge in [-0.25, -0.2) is 0 Å². The van der Waals surface area contributed by atoms with E-state index in [1.165, 1.54) is 12.1 Å². The maximum atomic E-state index is 4.33. The molecule has 0 radical (unpaired) electrons. The first-order chi connectivity index (χ1) is 5.70. The molecule has 0 unspecified atom stereocenters. The van der Waals surface area contributed by atoms with Gasteiger partial charge in [0.1, 0.15) is 0 Å². The molecule has 0 aliphatic heterocycles. The molecule has 1 aromatic rings. The van der Waals surface area contributed by atoms with E-state index in [1.54, 1.807) is 0 Å². The lowest BCUT2D eigenvalue weighted by Gasteiger charge is -2.12. The van der Waals surface area contributed by atoms with Crippen molar-refractivity contribution in [2.24, 2.45) is 5.92 Å². The average Bonchev–Trinajstić information content (AvgIpc) is 2.05. The highest BCUT2D eigenvalue weighted by atomic mass is 14.7. The summed E-state index contributed by atoms with van der Waals surface area (Å²) >= 11 is 0.